The van der Waals surface area contributed by atoms with Crippen LogP contribution in [0.4, 0.5) is 0 Å². The first-order chi connectivity index (χ1) is 9.86. The number of hydrogen-bond donors (Lipinski definition) is 0. The van der Waals surface area contributed by atoms with Crippen LogP contribution in [0.2, 0.25) is 0 Å². The molecule has 0 atom stereocenters. The van der Waals surface area contributed by atoms with Crippen molar-refractivity contribution < 1.29 is 0 Å². The lowest BCUT2D eigenvalue weighted by atomic mass is 10.0. The van der Waals surface area contributed by atoms with Crippen molar-refractivity contribution in [1.29, 1.82) is 0 Å². The van der Waals surface area contributed by atoms with Gasteiger partial charge in [-0.2, -0.15) is 0 Å². The van der Waals surface area contributed by atoms with Gasteiger partial charge < -0.3 is 0 Å². The Bertz CT molecular complexity index is 389. The number of benzene rings is 1. The van der Waals surface area contributed by atoms with E-state index in [-0.39, 0.29) is 0 Å². The van der Waals surface area contributed by atoms with E-state index in [4.69, 9.17) is 0 Å². The van der Waals surface area contributed by atoms with Gasteiger partial charge in [0.2, 0.25) is 0 Å². The molecule has 0 amide bonds. The first kappa shape index (κ1) is 16.7. The van der Waals surface area contributed by atoms with E-state index in [0.717, 1.165) is 0 Å². The maximum absolute atomic E-state index is 4.17. The Kier molecular flexibility index (Phi) is 9.56. The Morgan fingerprint density at radius 2 is 1.85 bits per heavy atom. The summed E-state index contributed by atoms with van der Waals surface area (Å²) >= 11 is 0. The molecular weight excluding hydrogens is 242 g/mol. The summed E-state index contributed by atoms with van der Waals surface area (Å²) < 4.78 is 0. The van der Waals surface area contributed by atoms with Crippen LogP contribution >= 0.6 is 0 Å². The lowest BCUT2D eigenvalue weighted by molar-refractivity contribution is 0.714. The average Bonchev–Trinajstić information content (AvgIpc) is 2.48. The van der Waals surface area contributed by atoms with E-state index in [9.17, 15) is 0 Å². The van der Waals surface area contributed by atoms with Crippen LogP contribution in [0.3, 0.4) is 0 Å². The number of hydrogen-bond acceptors (Lipinski definition) is 1. The fraction of sp³-hybridized carbons (Fsp3) is 0.526. The molecule has 20 heavy (non-hydrogen) atoms. The second-order valence-electron chi connectivity index (χ2n) is 5.35. The molecule has 1 heteroatoms. The van der Waals surface area contributed by atoms with E-state index in [1.165, 1.54) is 62.5 Å². The molecule has 0 aliphatic heterocycles. The SMILES string of the molecule is CCCCC/C(C=NC)=C/CCCCc1ccccc1. The second-order valence-corrected chi connectivity index (χ2v) is 5.35. The van der Waals surface area contributed by atoms with Gasteiger partial charge >= 0.3 is 0 Å². The van der Waals surface area contributed by atoms with Crippen LogP contribution in [0.15, 0.2) is 47.0 Å². The van der Waals surface area contributed by atoms with Gasteiger partial charge in [-0.15, -0.1) is 0 Å². The predicted molar refractivity (Wildman–Crippen MR) is 90.6 cm³/mol. The summed E-state index contributed by atoms with van der Waals surface area (Å²) in [7, 11) is 1.86. The van der Waals surface area contributed by atoms with Crippen molar-refractivity contribution in [3.8, 4) is 0 Å². The number of aryl methyl sites for hydroxylation is 1. The standard InChI is InChI=1S/C19H29N/c1-3-4-7-15-19(17-20-2)16-11-6-10-14-18-12-8-5-9-13-18/h5,8-9,12-13,16-17H,3-4,6-7,10-11,14-15H2,1-2H3/b19-16-,20-17?. The van der Waals surface area contributed by atoms with Crippen molar-refractivity contribution in [2.45, 2.75) is 58.3 Å². The Morgan fingerprint density at radius 3 is 2.55 bits per heavy atom. The zero-order valence-corrected chi connectivity index (χ0v) is 13.1. The summed E-state index contributed by atoms with van der Waals surface area (Å²) in [5.74, 6) is 0. The minimum absolute atomic E-state index is 1.18. The van der Waals surface area contributed by atoms with Crippen molar-refractivity contribution in [2.75, 3.05) is 7.05 Å². The summed E-state index contributed by atoms with van der Waals surface area (Å²) in [5, 5.41) is 0. The maximum atomic E-state index is 4.17. The minimum atomic E-state index is 1.18. The Morgan fingerprint density at radius 1 is 1.05 bits per heavy atom. The van der Waals surface area contributed by atoms with Gasteiger partial charge in [0, 0.05) is 13.3 Å². The summed E-state index contributed by atoms with van der Waals surface area (Å²) in [6.07, 6.45) is 14.4. The van der Waals surface area contributed by atoms with Crippen LogP contribution in [0.5, 0.6) is 0 Å². The molecule has 1 aromatic carbocycles. The van der Waals surface area contributed by atoms with Crippen LogP contribution in [-0.4, -0.2) is 13.3 Å². The molecule has 1 nitrogen and oxygen atoms in total. The van der Waals surface area contributed by atoms with E-state index >= 15 is 0 Å². The van der Waals surface area contributed by atoms with Gasteiger partial charge in [-0.1, -0.05) is 56.2 Å². The highest BCUT2D eigenvalue weighted by Crippen LogP contribution is 2.11. The van der Waals surface area contributed by atoms with Gasteiger partial charge in [0.05, 0.1) is 0 Å². The highest BCUT2D eigenvalue weighted by atomic mass is 14.6. The van der Waals surface area contributed by atoms with Crippen LogP contribution < -0.4 is 0 Å². The lowest BCUT2D eigenvalue weighted by Gasteiger charge is -2.03. The third-order valence-corrected chi connectivity index (χ3v) is 3.53. The molecule has 0 bridgehead atoms. The van der Waals surface area contributed by atoms with Gasteiger partial charge in [0.15, 0.2) is 0 Å². The molecule has 0 aliphatic carbocycles. The second kappa shape index (κ2) is 11.5. The van der Waals surface area contributed by atoms with Crippen LogP contribution in [0.1, 0.15) is 57.4 Å². The topological polar surface area (TPSA) is 12.4 Å². The van der Waals surface area contributed by atoms with E-state index in [1.54, 1.807) is 0 Å². The van der Waals surface area contributed by atoms with E-state index in [2.05, 4.69) is 48.3 Å². The molecule has 110 valence electrons. The molecule has 0 aliphatic rings. The number of aliphatic imine (C=N–C) groups is 1. The number of rotatable bonds is 10. The van der Waals surface area contributed by atoms with E-state index in [1.807, 2.05) is 13.3 Å². The molecule has 0 spiro atoms. The third-order valence-electron chi connectivity index (χ3n) is 3.53. The van der Waals surface area contributed by atoms with Crippen LogP contribution in [0.25, 0.3) is 0 Å². The number of unbranched alkanes of at least 4 members (excludes halogenated alkanes) is 4. The van der Waals surface area contributed by atoms with E-state index in [0.29, 0.717) is 0 Å². The molecule has 1 aromatic rings. The summed E-state index contributed by atoms with van der Waals surface area (Å²) in [5.41, 5.74) is 2.87. The zero-order valence-electron chi connectivity index (χ0n) is 13.1. The fourth-order valence-corrected chi connectivity index (χ4v) is 2.37. The summed E-state index contributed by atoms with van der Waals surface area (Å²) in [6, 6.07) is 10.8. The first-order valence-corrected chi connectivity index (χ1v) is 8.02. The molecule has 0 N–H and O–H groups in total. The van der Waals surface area contributed by atoms with Gasteiger partial charge in [0.25, 0.3) is 0 Å². The molecule has 0 heterocycles. The highest BCUT2D eigenvalue weighted by molar-refractivity contribution is 5.78. The van der Waals surface area contributed by atoms with Crippen LogP contribution in [-0.2, 0) is 6.42 Å². The predicted octanol–water partition coefficient (Wildman–Crippen LogP) is 5.61. The summed E-state index contributed by atoms with van der Waals surface area (Å²) in [4.78, 5) is 4.17. The molecule has 1 rings (SSSR count). The molecule has 0 fully saturated rings. The molecule has 0 saturated heterocycles. The number of allylic oxidation sites excluding steroid dienone is 2. The highest BCUT2D eigenvalue weighted by Gasteiger charge is 1.95. The van der Waals surface area contributed by atoms with Crippen LogP contribution in [0, 0.1) is 0 Å². The van der Waals surface area contributed by atoms with Crippen molar-refractivity contribution >= 4 is 6.21 Å². The minimum Gasteiger partial charge on any atom is -0.296 e. The Hall–Kier alpha value is -1.37. The quantitative estimate of drug-likeness (QED) is 0.387. The van der Waals surface area contributed by atoms with Crippen molar-refractivity contribution in [3.63, 3.8) is 0 Å². The van der Waals surface area contributed by atoms with Crippen molar-refractivity contribution in [1.82, 2.24) is 0 Å². The van der Waals surface area contributed by atoms with E-state index < -0.39 is 0 Å². The fourth-order valence-electron chi connectivity index (χ4n) is 2.37. The maximum Gasteiger partial charge on any atom is 0.0277 e. The largest absolute Gasteiger partial charge is 0.296 e. The molecule has 0 aromatic heterocycles. The molecular formula is C19H29N. The van der Waals surface area contributed by atoms with Crippen molar-refractivity contribution in [2.24, 2.45) is 4.99 Å². The van der Waals surface area contributed by atoms with Gasteiger partial charge in [-0.05, 0) is 49.7 Å². The number of nitrogens with zero attached hydrogens (tertiary/aromatic N) is 1. The molecule has 0 unspecified atom stereocenters. The third kappa shape index (κ3) is 7.93. The monoisotopic (exact) mass is 271 g/mol. The summed E-state index contributed by atoms with van der Waals surface area (Å²) in [6.45, 7) is 2.25. The average molecular weight is 271 g/mol. The Labute approximate surface area is 124 Å². The first-order valence-electron chi connectivity index (χ1n) is 8.02. The van der Waals surface area contributed by atoms with Gasteiger partial charge in [0.1, 0.15) is 0 Å². The Balaban J connectivity index is 2.22. The zero-order chi connectivity index (χ0) is 14.5. The smallest absolute Gasteiger partial charge is 0.0277 e. The lowest BCUT2D eigenvalue weighted by Crippen LogP contribution is -1.88. The van der Waals surface area contributed by atoms with Gasteiger partial charge in [-0.3, -0.25) is 4.99 Å². The normalized spacial score (nSPS) is 12.2. The molecule has 0 saturated carbocycles. The van der Waals surface area contributed by atoms with Gasteiger partial charge in [-0.25, -0.2) is 0 Å². The molecule has 0 radical (unpaired) electrons. The van der Waals surface area contributed by atoms with Crippen molar-refractivity contribution in [3.05, 3.63) is 47.5 Å².